The number of aryl methyl sites for hydroxylation is 2. The number of nitrogen functional groups attached to an aromatic ring is 1. The molecule has 0 radical (unpaired) electrons. The van der Waals surface area contributed by atoms with E-state index in [4.69, 9.17) is 20.2 Å². The monoisotopic (exact) mass is 555 g/mol. The Morgan fingerprint density at radius 3 is 2.37 bits per heavy atom. The van der Waals surface area contributed by atoms with Gasteiger partial charge >= 0.3 is 6.09 Å². The molecule has 2 amide bonds. The van der Waals surface area contributed by atoms with Gasteiger partial charge in [-0.2, -0.15) is 0 Å². The minimum atomic E-state index is -0.555. The lowest BCUT2D eigenvalue weighted by Crippen LogP contribution is -2.32. The number of benzene rings is 2. The maximum absolute atomic E-state index is 12.9. The first kappa shape index (κ1) is 27.6. The van der Waals surface area contributed by atoms with E-state index in [1.165, 1.54) is 10.9 Å². The number of hydrogen-bond acceptors (Lipinski definition) is 8. The summed E-state index contributed by atoms with van der Waals surface area (Å²) < 4.78 is 12.0. The van der Waals surface area contributed by atoms with E-state index in [1.54, 1.807) is 13.3 Å². The first-order chi connectivity index (χ1) is 19.6. The summed E-state index contributed by atoms with van der Waals surface area (Å²) in [7, 11) is 1.65. The van der Waals surface area contributed by atoms with E-state index in [0.29, 0.717) is 19.0 Å². The van der Waals surface area contributed by atoms with Crippen LogP contribution in [0.5, 0.6) is 5.75 Å². The van der Waals surface area contributed by atoms with Crippen molar-refractivity contribution in [1.29, 1.82) is 0 Å². The third kappa shape index (κ3) is 6.46. The number of nitrogens with zero attached hydrogens (tertiary/aromatic N) is 4. The maximum atomic E-state index is 12.9. The highest BCUT2D eigenvalue weighted by atomic mass is 16.6. The molecule has 1 aliphatic rings. The molecular formula is C30H33N7O4. The topological polar surface area (TPSA) is 146 Å². The van der Waals surface area contributed by atoms with E-state index in [-0.39, 0.29) is 17.3 Å². The first-order valence-corrected chi connectivity index (χ1v) is 13.3. The molecule has 0 saturated heterocycles. The second-order valence-corrected chi connectivity index (χ2v) is 10.8. The van der Waals surface area contributed by atoms with Crippen LogP contribution in [0.25, 0.3) is 17.2 Å². The molecule has 0 atom stereocenters. The molecule has 0 unspecified atom stereocenters. The summed E-state index contributed by atoms with van der Waals surface area (Å²) in [5.74, 6) is 0.856. The number of ether oxygens (including phenoxy) is 2. The zero-order valence-electron chi connectivity index (χ0n) is 23.5. The molecular weight excluding hydrogens is 522 g/mol. The first-order valence-electron chi connectivity index (χ1n) is 13.3. The summed E-state index contributed by atoms with van der Waals surface area (Å²) in [6.45, 7) is 6.06. The summed E-state index contributed by atoms with van der Waals surface area (Å²) >= 11 is 0. The number of nitrogens with one attached hydrogen (secondary N) is 2. The van der Waals surface area contributed by atoms with Crippen molar-refractivity contribution >= 4 is 17.8 Å². The highest BCUT2D eigenvalue weighted by Crippen LogP contribution is 2.34. The van der Waals surface area contributed by atoms with Gasteiger partial charge in [-0.05, 0) is 74.1 Å². The van der Waals surface area contributed by atoms with Gasteiger partial charge in [0.15, 0.2) is 5.82 Å². The number of hydrogen-bond donors (Lipinski definition) is 3. The van der Waals surface area contributed by atoms with E-state index in [2.05, 4.69) is 20.7 Å². The van der Waals surface area contributed by atoms with Crippen molar-refractivity contribution in [1.82, 2.24) is 30.4 Å². The van der Waals surface area contributed by atoms with Crippen LogP contribution in [0, 0.1) is 0 Å². The molecule has 0 aliphatic heterocycles. The predicted molar refractivity (Wildman–Crippen MR) is 154 cm³/mol. The summed E-state index contributed by atoms with van der Waals surface area (Å²) in [5.41, 5.74) is 11.7. The number of nitrogens with two attached hydrogens (primary N) is 1. The molecule has 2 heterocycles. The minimum absolute atomic E-state index is 0.0810. The summed E-state index contributed by atoms with van der Waals surface area (Å²) in [6.07, 6.45) is 4.57. The standard InChI is InChI=1S/C30H33N7O4/c1-30(2,3)41-29(39)34-15-19-7-5-18(6-8-19)14-32-27(38)24-17-37(36-26(24)31)28-33-16-21-10-9-20-13-22(40-4)11-12-23(20)25(21)35-28/h5-8,11-13,16-17H,9-10,14-15H2,1-4H3,(H2,31,36)(H,32,38)(H,34,39). The van der Waals surface area contributed by atoms with Crippen molar-refractivity contribution < 1.29 is 19.1 Å². The molecule has 0 fully saturated rings. The average Bonchev–Trinajstić information content (AvgIpc) is 3.35. The molecule has 2 aromatic carbocycles. The highest BCUT2D eigenvalue weighted by Gasteiger charge is 2.22. The molecule has 4 aromatic rings. The third-order valence-corrected chi connectivity index (χ3v) is 6.59. The van der Waals surface area contributed by atoms with Crippen LogP contribution in [0.4, 0.5) is 10.6 Å². The number of alkyl carbamates (subject to hydrolysis) is 1. The molecule has 11 nitrogen and oxygen atoms in total. The van der Waals surface area contributed by atoms with Crippen molar-refractivity contribution in [3.63, 3.8) is 0 Å². The smallest absolute Gasteiger partial charge is 0.407 e. The van der Waals surface area contributed by atoms with Gasteiger partial charge in [0.1, 0.15) is 16.9 Å². The Morgan fingerprint density at radius 2 is 1.68 bits per heavy atom. The average molecular weight is 556 g/mol. The fourth-order valence-corrected chi connectivity index (χ4v) is 4.53. The molecule has 4 N–H and O–H groups in total. The second kappa shape index (κ2) is 11.3. The van der Waals surface area contributed by atoms with Gasteiger partial charge in [-0.15, -0.1) is 5.10 Å². The minimum Gasteiger partial charge on any atom is -0.497 e. The summed E-state index contributed by atoms with van der Waals surface area (Å²) in [5, 5.41) is 9.90. The number of methoxy groups -OCH3 is 1. The van der Waals surface area contributed by atoms with Crippen LogP contribution < -0.4 is 21.1 Å². The largest absolute Gasteiger partial charge is 0.497 e. The van der Waals surface area contributed by atoms with Gasteiger partial charge < -0.3 is 25.8 Å². The number of anilines is 1. The van der Waals surface area contributed by atoms with E-state index >= 15 is 0 Å². The number of carbonyl (C=O) groups is 2. The van der Waals surface area contributed by atoms with Gasteiger partial charge in [-0.3, -0.25) is 4.79 Å². The van der Waals surface area contributed by atoms with Gasteiger partial charge in [0, 0.05) is 31.0 Å². The number of rotatable bonds is 7. The predicted octanol–water partition coefficient (Wildman–Crippen LogP) is 3.97. The SMILES string of the molecule is COc1ccc2c(c1)CCc1cnc(-n3cc(C(=O)NCc4ccc(CNC(=O)OC(C)(C)C)cc4)c(N)n3)nc1-2. The third-order valence-electron chi connectivity index (χ3n) is 6.59. The highest BCUT2D eigenvalue weighted by molar-refractivity contribution is 5.98. The Balaban J connectivity index is 1.23. The van der Waals surface area contributed by atoms with Crippen LogP contribution in [0.15, 0.2) is 54.9 Å². The summed E-state index contributed by atoms with van der Waals surface area (Å²) in [6, 6.07) is 13.5. The van der Waals surface area contributed by atoms with E-state index in [9.17, 15) is 9.59 Å². The molecule has 1 aliphatic carbocycles. The molecule has 0 saturated carbocycles. The van der Waals surface area contributed by atoms with Crippen molar-refractivity contribution in [2.24, 2.45) is 0 Å². The van der Waals surface area contributed by atoms with Crippen molar-refractivity contribution in [2.45, 2.75) is 52.3 Å². The Bertz CT molecular complexity index is 1590. The van der Waals surface area contributed by atoms with Crippen LogP contribution in [-0.2, 0) is 30.7 Å². The van der Waals surface area contributed by atoms with Crippen LogP contribution in [-0.4, -0.2) is 44.5 Å². The zero-order chi connectivity index (χ0) is 29.1. The van der Waals surface area contributed by atoms with Crippen molar-refractivity contribution in [3.8, 4) is 23.0 Å². The lowest BCUT2D eigenvalue weighted by molar-refractivity contribution is 0.0523. The van der Waals surface area contributed by atoms with Gasteiger partial charge in [-0.1, -0.05) is 24.3 Å². The quantitative estimate of drug-likeness (QED) is 0.310. The molecule has 11 heteroatoms. The van der Waals surface area contributed by atoms with Crippen molar-refractivity contribution in [3.05, 3.63) is 82.7 Å². The van der Waals surface area contributed by atoms with E-state index in [0.717, 1.165) is 52.1 Å². The second-order valence-electron chi connectivity index (χ2n) is 10.8. The Hall–Kier alpha value is -4.93. The zero-order valence-corrected chi connectivity index (χ0v) is 23.5. The van der Waals surface area contributed by atoms with Crippen LogP contribution in [0.2, 0.25) is 0 Å². The van der Waals surface area contributed by atoms with Crippen molar-refractivity contribution in [2.75, 3.05) is 12.8 Å². The maximum Gasteiger partial charge on any atom is 0.407 e. The number of aromatic nitrogens is 4. The van der Waals surface area contributed by atoms with E-state index < -0.39 is 11.7 Å². The number of amides is 2. The summed E-state index contributed by atoms with van der Waals surface area (Å²) in [4.78, 5) is 34.0. The molecule has 41 heavy (non-hydrogen) atoms. The van der Waals surface area contributed by atoms with Gasteiger partial charge in [0.05, 0.1) is 12.8 Å². The van der Waals surface area contributed by atoms with Gasteiger partial charge in [-0.25, -0.2) is 19.4 Å². The van der Waals surface area contributed by atoms with Crippen LogP contribution in [0.3, 0.4) is 0 Å². The number of fused-ring (bicyclic) bond motifs is 3. The molecule has 0 bridgehead atoms. The fourth-order valence-electron chi connectivity index (χ4n) is 4.53. The lowest BCUT2D eigenvalue weighted by atomic mass is 9.90. The molecule has 212 valence electrons. The van der Waals surface area contributed by atoms with Gasteiger partial charge in [0.2, 0.25) is 0 Å². The van der Waals surface area contributed by atoms with Crippen LogP contribution in [0.1, 0.15) is 53.4 Å². The van der Waals surface area contributed by atoms with E-state index in [1.807, 2.05) is 63.2 Å². The fraction of sp³-hybridized carbons (Fsp3) is 0.300. The Labute approximate surface area is 238 Å². The number of carbonyl (C=O) groups excluding carboxylic acids is 2. The molecule has 2 aromatic heterocycles. The van der Waals surface area contributed by atoms with Crippen LogP contribution >= 0.6 is 0 Å². The normalized spacial score (nSPS) is 12.2. The molecule has 0 spiro atoms. The van der Waals surface area contributed by atoms with Gasteiger partial charge in [0.25, 0.3) is 11.9 Å². The Kier molecular flexibility index (Phi) is 7.60. The lowest BCUT2D eigenvalue weighted by Gasteiger charge is -2.19. The molecule has 5 rings (SSSR count). The Morgan fingerprint density at radius 1 is 1.00 bits per heavy atom.